The molecule has 0 saturated heterocycles. The van der Waals surface area contributed by atoms with E-state index in [1.807, 2.05) is 42.5 Å². The maximum Gasteiger partial charge on any atom is 0.251 e. The van der Waals surface area contributed by atoms with Crippen LogP contribution in [0.4, 0.5) is 0 Å². The molecular formula is C21H24IN5O2. The summed E-state index contributed by atoms with van der Waals surface area (Å²) in [7, 11) is 1.71. The lowest BCUT2D eigenvalue weighted by molar-refractivity contribution is 0.0948. The first-order valence-corrected chi connectivity index (χ1v) is 8.98. The quantitative estimate of drug-likeness (QED) is 0.261. The molecule has 1 aromatic carbocycles. The molecule has 0 unspecified atom stereocenters. The number of furan rings is 1. The Bertz CT molecular complexity index is 914. The second-order valence-corrected chi connectivity index (χ2v) is 6.06. The van der Waals surface area contributed by atoms with E-state index in [-0.39, 0.29) is 29.9 Å². The summed E-state index contributed by atoms with van der Waals surface area (Å²) < 4.78 is 5.23. The predicted octanol–water partition coefficient (Wildman–Crippen LogP) is 3.09. The third-order valence-electron chi connectivity index (χ3n) is 4.04. The van der Waals surface area contributed by atoms with Crippen molar-refractivity contribution in [2.75, 3.05) is 7.05 Å². The number of hydrogen-bond acceptors (Lipinski definition) is 4. The van der Waals surface area contributed by atoms with Gasteiger partial charge in [-0.25, -0.2) is 0 Å². The Kier molecular flexibility index (Phi) is 9.16. The first-order valence-electron chi connectivity index (χ1n) is 8.98. The van der Waals surface area contributed by atoms with E-state index in [2.05, 4.69) is 25.9 Å². The molecule has 0 radical (unpaired) electrons. The highest BCUT2D eigenvalue weighted by Crippen LogP contribution is 2.06. The Labute approximate surface area is 187 Å². The number of pyridine rings is 1. The minimum Gasteiger partial charge on any atom is -0.467 e. The lowest BCUT2D eigenvalue weighted by Crippen LogP contribution is -2.36. The molecule has 2 heterocycles. The van der Waals surface area contributed by atoms with Gasteiger partial charge in [-0.1, -0.05) is 18.2 Å². The summed E-state index contributed by atoms with van der Waals surface area (Å²) in [6.45, 7) is 1.48. The van der Waals surface area contributed by atoms with Crippen LogP contribution in [0.25, 0.3) is 0 Å². The Morgan fingerprint density at radius 2 is 1.86 bits per heavy atom. The molecule has 0 atom stereocenters. The average molecular weight is 505 g/mol. The monoisotopic (exact) mass is 505 g/mol. The highest BCUT2D eigenvalue weighted by atomic mass is 127. The number of carbonyl (C=O) groups excluding carboxylic acids is 1. The molecule has 0 aliphatic rings. The summed E-state index contributed by atoms with van der Waals surface area (Å²) in [5.41, 5.74) is 2.51. The van der Waals surface area contributed by atoms with E-state index in [0.717, 1.165) is 11.3 Å². The van der Waals surface area contributed by atoms with Gasteiger partial charge in [-0.05, 0) is 42.0 Å². The van der Waals surface area contributed by atoms with Crippen LogP contribution in [-0.2, 0) is 19.6 Å². The summed E-state index contributed by atoms with van der Waals surface area (Å²) in [5.74, 6) is 1.24. The first-order chi connectivity index (χ1) is 13.7. The first kappa shape index (κ1) is 22.4. The van der Waals surface area contributed by atoms with Crippen molar-refractivity contribution in [2.45, 2.75) is 19.6 Å². The highest BCUT2D eigenvalue weighted by Gasteiger charge is 2.07. The van der Waals surface area contributed by atoms with Crippen molar-refractivity contribution in [3.05, 3.63) is 89.6 Å². The van der Waals surface area contributed by atoms with Crippen molar-refractivity contribution in [3.63, 3.8) is 0 Å². The fraction of sp³-hybridized carbons (Fsp3) is 0.190. The number of aromatic nitrogens is 1. The summed E-state index contributed by atoms with van der Waals surface area (Å²) >= 11 is 0. The largest absolute Gasteiger partial charge is 0.467 e. The zero-order valence-electron chi connectivity index (χ0n) is 16.1. The van der Waals surface area contributed by atoms with Gasteiger partial charge in [-0.2, -0.15) is 0 Å². The number of carbonyl (C=O) groups is 1. The summed E-state index contributed by atoms with van der Waals surface area (Å²) in [5, 5.41) is 9.30. The molecule has 3 N–H and O–H groups in total. The molecule has 0 spiro atoms. The Hall–Kier alpha value is -2.88. The minimum absolute atomic E-state index is 0. The van der Waals surface area contributed by atoms with Crippen molar-refractivity contribution < 1.29 is 9.21 Å². The number of aliphatic imine (C=N–C) groups is 1. The molecule has 2 aromatic heterocycles. The van der Waals surface area contributed by atoms with Crippen LogP contribution in [-0.4, -0.2) is 23.9 Å². The van der Waals surface area contributed by atoms with Gasteiger partial charge in [0.05, 0.1) is 25.0 Å². The number of hydrogen-bond donors (Lipinski definition) is 3. The molecule has 0 aliphatic heterocycles. The van der Waals surface area contributed by atoms with Crippen molar-refractivity contribution >= 4 is 35.8 Å². The van der Waals surface area contributed by atoms with Gasteiger partial charge in [0, 0.05) is 25.4 Å². The van der Waals surface area contributed by atoms with E-state index in [0.29, 0.717) is 36.9 Å². The fourth-order valence-corrected chi connectivity index (χ4v) is 2.59. The van der Waals surface area contributed by atoms with Gasteiger partial charge in [0.1, 0.15) is 5.76 Å². The Balaban J connectivity index is 0.00000300. The van der Waals surface area contributed by atoms with Crippen LogP contribution in [0.1, 0.15) is 27.4 Å². The summed E-state index contributed by atoms with van der Waals surface area (Å²) in [6.07, 6.45) is 3.35. The predicted molar refractivity (Wildman–Crippen MR) is 123 cm³/mol. The molecule has 8 heteroatoms. The second-order valence-electron chi connectivity index (χ2n) is 6.06. The molecule has 0 bridgehead atoms. The van der Waals surface area contributed by atoms with E-state index >= 15 is 0 Å². The van der Waals surface area contributed by atoms with E-state index in [4.69, 9.17) is 4.42 Å². The van der Waals surface area contributed by atoms with E-state index in [1.165, 1.54) is 0 Å². The van der Waals surface area contributed by atoms with Crippen molar-refractivity contribution in [2.24, 2.45) is 4.99 Å². The molecule has 152 valence electrons. The molecule has 3 aromatic rings. The van der Waals surface area contributed by atoms with Crippen LogP contribution >= 0.6 is 24.0 Å². The molecular weight excluding hydrogens is 481 g/mol. The zero-order valence-corrected chi connectivity index (χ0v) is 18.4. The van der Waals surface area contributed by atoms with Crippen LogP contribution in [0.5, 0.6) is 0 Å². The summed E-state index contributed by atoms with van der Waals surface area (Å²) in [4.78, 5) is 20.8. The highest BCUT2D eigenvalue weighted by molar-refractivity contribution is 14.0. The number of benzene rings is 1. The van der Waals surface area contributed by atoms with E-state index in [1.54, 1.807) is 31.6 Å². The third-order valence-corrected chi connectivity index (χ3v) is 4.04. The van der Waals surface area contributed by atoms with Gasteiger partial charge in [-0.15, -0.1) is 24.0 Å². The van der Waals surface area contributed by atoms with Gasteiger partial charge in [0.2, 0.25) is 0 Å². The molecule has 0 saturated carbocycles. The molecule has 0 aliphatic carbocycles. The number of guanidine groups is 1. The number of nitrogens with zero attached hydrogens (tertiary/aromatic N) is 2. The molecule has 1 amide bonds. The topological polar surface area (TPSA) is 91.5 Å². The number of amides is 1. The number of nitrogens with one attached hydrogen (secondary N) is 3. The van der Waals surface area contributed by atoms with Crippen LogP contribution in [0.15, 0.2) is 76.5 Å². The lowest BCUT2D eigenvalue weighted by atomic mass is 10.1. The Morgan fingerprint density at radius 3 is 2.59 bits per heavy atom. The van der Waals surface area contributed by atoms with Crippen LogP contribution in [0.2, 0.25) is 0 Å². The van der Waals surface area contributed by atoms with Crippen molar-refractivity contribution in [1.82, 2.24) is 20.9 Å². The second kappa shape index (κ2) is 11.8. The van der Waals surface area contributed by atoms with Crippen molar-refractivity contribution in [3.8, 4) is 0 Å². The molecule has 7 nitrogen and oxygen atoms in total. The SMILES string of the molecule is CN=C(NCc1cccc(C(=O)NCc2ccco2)c1)NCc1ccccn1.I. The van der Waals surface area contributed by atoms with E-state index in [9.17, 15) is 4.79 Å². The van der Waals surface area contributed by atoms with Gasteiger partial charge in [0.15, 0.2) is 5.96 Å². The van der Waals surface area contributed by atoms with Gasteiger partial charge < -0.3 is 20.4 Å². The Morgan fingerprint density at radius 1 is 1.00 bits per heavy atom. The standard InChI is InChI=1S/C21H23N5O2.HI/c1-22-21(26-14-18-8-2-3-10-23-18)25-13-16-6-4-7-17(12-16)20(27)24-15-19-9-5-11-28-19;/h2-12H,13-15H2,1H3,(H,24,27)(H2,22,25,26);1H. The van der Waals surface area contributed by atoms with Gasteiger partial charge in [-0.3, -0.25) is 14.8 Å². The van der Waals surface area contributed by atoms with Crippen LogP contribution in [0.3, 0.4) is 0 Å². The average Bonchev–Trinajstić information content (AvgIpc) is 3.27. The maximum atomic E-state index is 12.3. The minimum atomic E-state index is -0.143. The van der Waals surface area contributed by atoms with Gasteiger partial charge >= 0.3 is 0 Å². The lowest BCUT2D eigenvalue weighted by Gasteiger charge is -2.12. The molecule has 3 rings (SSSR count). The van der Waals surface area contributed by atoms with Crippen LogP contribution in [0, 0.1) is 0 Å². The smallest absolute Gasteiger partial charge is 0.251 e. The molecule has 0 fully saturated rings. The maximum absolute atomic E-state index is 12.3. The number of halogens is 1. The fourth-order valence-electron chi connectivity index (χ4n) is 2.59. The summed E-state index contributed by atoms with van der Waals surface area (Å²) in [6, 6.07) is 16.9. The normalized spacial score (nSPS) is 10.7. The van der Waals surface area contributed by atoms with Crippen molar-refractivity contribution in [1.29, 1.82) is 0 Å². The molecule has 29 heavy (non-hydrogen) atoms. The number of rotatable bonds is 7. The third kappa shape index (κ3) is 7.22. The zero-order chi connectivity index (χ0) is 19.6. The van der Waals surface area contributed by atoms with E-state index < -0.39 is 0 Å². The van der Waals surface area contributed by atoms with Crippen LogP contribution < -0.4 is 16.0 Å². The van der Waals surface area contributed by atoms with Gasteiger partial charge in [0.25, 0.3) is 5.91 Å².